The average Bonchev–Trinajstić information content (AvgIpc) is 3.31. The first-order chi connectivity index (χ1) is 14.0. The number of fused-ring (bicyclic) bond motifs is 1. The SMILES string of the molecule is Cc1nc(C(C)NC(=O)c2sc3cccc(F)c3c2COc2ccccc2)cs1. The summed E-state index contributed by atoms with van der Waals surface area (Å²) < 4.78 is 21.2. The highest BCUT2D eigenvalue weighted by atomic mass is 32.1. The van der Waals surface area contributed by atoms with Crippen molar-refractivity contribution in [1.29, 1.82) is 0 Å². The van der Waals surface area contributed by atoms with Gasteiger partial charge in [0.05, 0.1) is 21.6 Å². The molecule has 2 heterocycles. The van der Waals surface area contributed by atoms with Crippen molar-refractivity contribution in [2.75, 3.05) is 0 Å². The van der Waals surface area contributed by atoms with Crippen LogP contribution in [-0.2, 0) is 6.61 Å². The molecule has 0 radical (unpaired) electrons. The zero-order chi connectivity index (χ0) is 20.4. The van der Waals surface area contributed by atoms with Crippen LogP contribution in [-0.4, -0.2) is 10.9 Å². The van der Waals surface area contributed by atoms with Crippen molar-refractivity contribution in [3.8, 4) is 5.75 Å². The van der Waals surface area contributed by atoms with Crippen LogP contribution in [0.15, 0.2) is 53.9 Å². The predicted molar refractivity (Wildman–Crippen MR) is 115 cm³/mol. The molecule has 1 amide bonds. The molecule has 7 heteroatoms. The molecule has 4 rings (SSSR count). The lowest BCUT2D eigenvalue weighted by Gasteiger charge is -2.12. The number of para-hydroxylation sites is 1. The molecule has 0 aliphatic heterocycles. The van der Waals surface area contributed by atoms with E-state index in [1.807, 2.05) is 55.6 Å². The van der Waals surface area contributed by atoms with E-state index in [1.165, 1.54) is 17.4 Å². The number of hydrogen-bond donors (Lipinski definition) is 1. The van der Waals surface area contributed by atoms with E-state index >= 15 is 0 Å². The molecule has 1 N–H and O–H groups in total. The molecule has 1 atom stereocenters. The van der Waals surface area contributed by atoms with E-state index in [4.69, 9.17) is 4.74 Å². The van der Waals surface area contributed by atoms with Gasteiger partial charge in [-0.1, -0.05) is 24.3 Å². The van der Waals surface area contributed by atoms with E-state index in [1.54, 1.807) is 17.4 Å². The number of halogens is 1. The van der Waals surface area contributed by atoms with Crippen LogP contribution in [0.1, 0.15) is 38.9 Å². The number of carbonyl (C=O) groups is 1. The largest absolute Gasteiger partial charge is 0.489 e. The summed E-state index contributed by atoms with van der Waals surface area (Å²) in [6.07, 6.45) is 0. The number of amides is 1. The van der Waals surface area contributed by atoms with Crippen LogP contribution in [0.25, 0.3) is 10.1 Å². The van der Waals surface area contributed by atoms with Gasteiger partial charge in [-0.2, -0.15) is 0 Å². The van der Waals surface area contributed by atoms with Crippen LogP contribution in [0, 0.1) is 12.7 Å². The maximum Gasteiger partial charge on any atom is 0.262 e. The molecular weight excluding hydrogens is 407 g/mol. The minimum Gasteiger partial charge on any atom is -0.489 e. The second-order valence-corrected chi connectivity index (χ2v) is 8.73. The van der Waals surface area contributed by atoms with Crippen LogP contribution < -0.4 is 10.1 Å². The van der Waals surface area contributed by atoms with E-state index in [0.717, 1.165) is 15.4 Å². The Morgan fingerprint density at radius 1 is 1.21 bits per heavy atom. The first-order valence-electron chi connectivity index (χ1n) is 9.13. The molecule has 0 bridgehead atoms. The Kier molecular flexibility index (Phi) is 5.60. The molecule has 148 valence electrons. The first kappa shape index (κ1) is 19.5. The quantitative estimate of drug-likeness (QED) is 0.419. The van der Waals surface area contributed by atoms with Crippen LogP contribution in [0.3, 0.4) is 0 Å². The molecule has 1 unspecified atom stereocenters. The van der Waals surface area contributed by atoms with Gasteiger partial charge in [0.15, 0.2) is 0 Å². The number of nitrogens with one attached hydrogen (secondary N) is 1. The second kappa shape index (κ2) is 8.31. The molecule has 29 heavy (non-hydrogen) atoms. The van der Waals surface area contributed by atoms with Gasteiger partial charge in [0, 0.05) is 21.0 Å². The van der Waals surface area contributed by atoms with Gasteiger partial charge in [0.25, 0.3) is 5.91 Å². The van der Waals surface area contributed by atoms with Crippen molar-refractivity contribution in [1.82, 2.24) is 10.3 Å². The van der Waals surface area contributed by atoms with Crippen LogP contribution in [0.2, 0.25) is 0 Å². The number of nitrogens with zero attached hydrogens (tertiary/aromatic N) is 1. The Hall–Kier alpha value is -2.77. The summed E-state index contributed by atoms with van der Waals surface area (Å²) in [7, 11) is 0. The van der Waals surface area contributed by atoms with E-state index in [2.05, 4.69) is 10.3 Å². The summed E-state index contributed by atoms with van der Waals surface area (Å²) in [6, 6.07) is 13.9. The van der Waals surface area contributed by atoms with Crippen LogP contribution in [0.5, 0.6) is 5.75 Å². The molecule has 2 aromatic heterocycles. The van der Waals surface area contributed by atoms with Gasteiger partial charge in [-0.25, -0.2) is 9.37 Å². The highest BCUT2D eigenvalue weighted by molar-refractivity contribution is 7.21. The van der Waals surface area contributed by atoms with Gasteiger partial charge in [0.2, 0.25) is 0 Å². The second-order valence-electron chi connectivity index (χ2n) is 6.61. The Balaban J connectivity index is 1.65. The van der Waals surface area contributed by atoms with E-state index < -0.39 is 0 Å². The van der Waals surface area contributed by atoms with E-state index in [-0.39, 0.29) is 24.4 Å². The van der Waals surface area contributed by atoms with Crippen LogP contribution >= 0.6 is 22.7 Å². The third-order valence-electron chi connectivity index (χ3n) is 4.52. The molecule has 2 aromatic carbocycles. The number of ether oxygens (including phenoxy) is 1. The van der Waals surface area contributed by atoms with Crippen molar-refractivity contribution < 1.29 is 13.9 Å². The molecule has 0 saturated carbocycles. The highest BCUT2D eigenvalue weighted by Crippen LogP contribution is 2.34. The van der Waals surface area contributed by atoms with Crippen molar-refractivity contribution >= 4 is 38.7 Å². The number of thiazole rings is 1. The Morgan fingerprint density at radius 3 is 2.72 bits per heavy atom. The predicted octanol–water partition coefficient (Wildman–Crippen LogP) is 5.88. The Morgan fingerprint density at radius 2 is 2.00 bits per heavy atom. The fourth-order valence-corrected chi connectivity index (χ4v) is 4.91. The smallest absolute Gasteiger partial charge is 0.262 e. The molecular formula is C22H19FN2O2S2. The third kappa shape index (κ3) is 4.16. The number of aromatic nitrogens is 1. The monoisotopic (exact) mass is 426 g/mol. The molecule has 0 aliphatic carbocycles. The molecule has 0 fully saturated rings. The lowest BCUT2D eigenvalue weighted by Crippen LogP contribution is -2.27. The lowest BCUT2D eigenvalue weighted by molar-refractivity contribution is 0.0941. The molecule has 4 aromatic rings. The zero-order valence-corrected chi connectivity index (χ0v) is 17.6. The minimum absolute atomic E-state index is 0.109. The number of carbonyl (C=O) groups excluding carboxylic acids is 1. The third-order valence-corrected chi connectivity index (χ3v) is 6.51. The van der Waals surface area contributed by atoms with Gasteiger partial charge < -0.3 is 10.1 Å². The highest BCUT2D eigenvalue weighted by Gasteiger charge is 2.23. The summed E-state index contributed by atoms with van der Waals surface area (Å²) in [5.41, 5.74) is 1.38. The zero-order valence-electron chi connectivity index (χ0n) is 15.9. The number of hydrogen-bond acceptors (Lipinski definition) is 5. The van der Waals surface area contributed by atoms with E-state index in [0.29, 0.717) is 21.6 Å². The Labute approximate surface area is 176 Å². The van der Waals surface area contributed by atoms with E-state index in [9.17, 15) is 9.18 Å². The van der Waals surface area contributed by atoms with Gasteiger partial charge >= 0.3 is 0 Å². The van der Waals surface area contributed by atoms with Crippen molar-refractivity contribution in [3.05, 3.63) is 80.9 Å². The maximum atomic E-state index is 14.6. The topological polar surface area (TPSA) is 51.2 Å². The van der Waals surface area contributed by atoms with Gasteiger partial charge in [-0.3, -0.25) is 4.79 Å². The van der Waals surface area contributed by atoms with Crippen molar-refractivity contribution in [2.45, 2.75) is 26.5 Å². The number of benzene rings is 2. The standard InChI is InChI=1S/C22H19FN2O2S2/c1-13(18-12-28-14(2)25-18)24-22(26)21-16(11-27-15-7-4-3-5-8-15)20-17(23)9-6-10-19(20)29-21/h3-10,12-13H,11H2,1-2H3,(H,24,26). The maximum absolute atomic E-state index is 14.6. The first-order valence-corrected chi connectivity index (χ1v) is 10.8. The molecule has 0 aliphatic rings. The molecule has 4 nitrogen and oxygen atoms in total. The number of aryl methyl sites for hydroxylation is 1. The Bertz CT molecular complexity index is 1150. The van der Waals surface area contributed by atoms with Crippen molar-refractivity contribution in [2.24, 2.45) is 0 Å². The summed E-state index contributed by atoms with van der Waals surface area (Å²) in [5, 5.41) is 6.30. The molecule has 0 spiro atoms. The summed E-state index contributed by atoms with van der Waals surface area (Å²) >= 11 is 2.81. The fourth-order valence-electron chi connectivity index (χ4n) is 3.08. The van der Waals surface area contributed by atoms with Crippen molar-refractivity contribution in [3.63, 3.8) is 0 Å². The number of rotatable bonds is 6. The van der Waals surface area contributed by atoms with Gasteiger partial charge in [-0.15, -0.1) is 22.7 Å². The average molecular weight is 427 g/mol. The minimum atomic E-state index is -0.354. The van der Waals surface area contributed by atoms with Crippen LogP contribution in [0.4, 0.5) is 4.39 Å². The number of thiophene rings is 1. The summed E-state index contributed by atoms with van der Waals surface area (Å²) in [4.78, 5) is 17.9. The lowest BCUT2D eigenvalue weighted by atomic mass is 10.1. The summed E-state index contributed by atoms with van der Waals surface area (Å²) in [6.45, 7) is 3.93. The van der Waals surface area contributed by atoms with Gasteiger partial charge in [-0.05, 0) is 38.1 Å². The summed E-state index contributed by atoms with van der Waals surface area (Å²) in [5.74, 6) is 0.0592. The fraction of sp³-hybridized carbons (Fsp3) is 0.182. The molecule has 0 saturated heterocycles. The van der Waals surface area contributed by atoms with Gasteiger partial charge in [0.1, 0.15) is 18.2 Å². The normalized spacial score (nSPS) is 12.1.